The number of hydrogen-bond donors (Lipinski definition) is 1. The molecule has 24 heavy (non-hydrogen) atoms. The van der Waals surface area contributed by atoms with Crippen LogP contribution in [0.15, 0.2) is 30.6 Å². The molecule has 0 saturated heterocycles. The van der Waals surface area contributed by atoms with Gasteiger partial charge in [0.15, 0.2) is 0 Å². The molecule has 0 unspecified atom stereocenters. The van der Waals surface area contributed by atoms with Gasteiger partial charge in [0.2, 0.25) is 12.1 Å². The summed E-state index contributed by atoms with van der Waals surface area (Å²) >= 11 is 0. The van der Waals surface area contributed by atoms with E-state index in [9.17, 15) is 14.9 Å². The number of hydrogen-bond acceptors (Lipinski definition) is 5. The number of aromatic nitrogens is 2. The third-order valence-electron chi connectivity index (χ3n) is 3.85. The summed E-state index contributed by atoms with van der Waals surface area (Å²) in [5.41, 5.74) is 1.52. The van der Waals surface area contributed by atoms with Crippen LogP contribution in [0.1, 0.15) is 29.8 Å². The first-order chi connectivity index (χ1) is 11.3. The number of benzene rings is 1. The fraction of sp³-hybridized carbons (Fsp3) is 0.375. The molecule has 0 radical (unpaired) electrons. The van der Waals surface area contributed by atoms with E-state index in [0.29, 0.717) is 17.9 Å². The van der Waals surface area contributed by atoms with Crippen molar-refractivity contribution in [1.29, 1.82) is 0 Å². The van der Waals surface area contributed by atoms with Crippen molar-refractivity contribution in [3.05, 3.63) is 51.8 Å². The van der Waals surface area contributed by atoms with Gasteiger partial charge in [-0.05, 0) is 41.5 Å². The Kier molecular flexibility index (Phi) is 5.18. The number of nitrogens with one attached hydrogen (secondary N) is 1. The largest absolute Gasteiger partial charge is 0.406 e. The lowest BCUT2D eigenvalue weighted by molar-refractivity contribution is -0.388. The van der Waals surface area contributed by atoms with E-state index >= 15 is 0 Å². The van der Waals surface area contributed by atoms with Crippen LogP contribution in [0.25, 0.3) is 0 Å². The molecule has 0 aliphatic rings. The van der Waals surface area contributed by atoms with Crippen LogP contribution < -0.4 is 5.32 Å². The van der Waals surface area contributed by atoms with Crippen molar-refractivity contribution >= 4 is 17.5 Å². The standard InChI is InChI=1S/C16H21N5O3/c1-11(2)20(4)16(22)13-7-5-12(6-8-13)9-17-14-15(21(23)24)18-10-19(14)3/h5-8,10-11,17H,9H2,1-4H3. The molecule has 0 bridgehead atoms. The highest BCUT2D eigenvalue weighted by Crippen LogP contribution is 2.21. The molecule has 0 aliphatic carbocycles. The smallest absolute Gasteiger partial charge is 0.360 e. The zero-order valence-electron chi connectivity index (χ0n) is 14.2. The van der Waals surface area contributed by atoms with Crippen molar-refractivity contribution in [2.45, 2.75) is 26.4 Å². The fourth-order valence-electron chi connectivity index (χ4n) is 2.14. The number of amides is 1. The first-order valence-electron chi connectivity index (χ1n) is 7.57. The van der Waals surface area contributed by atoms with Gasteiger partial charge in [-0.2, -0.15) is 0 Å². The molecular formula is C16H21N5O3. The van der Waals surface area contributed by atoms with Crippen LogP contribution in [0.4, 0.5) is 11.6 Å². The maximum absolute atomic E-state index is 12.2. The van der Waals surface area contributed by atoms with Gasteiger partial charge in [-0.15, -0.1) is 0 Å². The first kappa shape index (κ1) is 17.5. The quantitative estimate of drug-likeness (QED) is 0.648. The predicted molar refractivity (Wildman–Crippen MR) is 90.9 cm³/mol. The Morgan fingerprint density at radius 3 is 2.54 bits per heavy atom. The normalized spacial score (nSPS) is 10.7. The molecule has 2 aromatic rings. The number of nitro groups is 1. The Balaban J connectivity index is 2.06. The Morgan fingerprint density at radius 2 is 2.00 bits per heavy atom. The van der Waals surface area contributed by atoms with Crippen molar-refractivity contribution < 1.29 is 9.72 Å². The van der Waals surface area contributed by atoms with Crippen LogP contribution in [0.5, 0.6) is 0 Å². The number of imidazole rings is 1. The third-order valence-corrected chi connectivity index (χ3v) is 3.85. The summed E-state index contributed by atoms with van der Waals surface area (Å²) in [6.07, 6.45) is 1.39. The summed E-state index contributed by atoms with van der Waals surface area (Å²) in [6.45, 7) is 4.31. The van der Waals surface area contributed by atoms with Crippen LogP contribution in [-0.4, -0.2) is 38.4 Å². The molecular weight excluding hydrogens is 310 g/mol. The van der Waals surface area contributed by atoms with Gasteiger partial charge in [-0.25, -0.2) is 0 Å². The van der Waals surface area contributed by atoms with Gasteiger partial charge in [0.25, 0.3) is 5.91 Å². The number of carbonyl (C=O) groups is 1. The van der Waals surface area contributed by atoms with Crippen molar-refractivity contribution in [1.82, 2.24) is 14.5 Å². The van der Waals surface area contributed by atoms with E-state index in [4.69, 9.17) is 0 Å². The molecule has 1 amide bonds. The van der Waals surface area contributed by atoms with E-state index in [1.165, 1.54) is 6.33 Å². The van der Waals surface area contributed by atoms with Crippen molar-refractivity contribution in [2.75, 3.05) is 12.4 Å². The SMILES string of the molecule is CC(C)N(C)C(=O)c1ccc(CNc2c([N+](=O)[O-])ncn2C)cc1. The number of aryl methyl sites for hydroxylation is 1. The topological polar surface area (TPSA) is 93.3 Å². The number of rotatable bonds is 6. The zero-order valence-corrected chi connectivity index (χ0v) is 14.2. The Labute approximate surface area is 140 Å². The maximum atomic E-state index is 12.2. The minimum Gasteiger partial charge on any atom is -0.360 e. The fourth-order valence-corrected chi connectivity index (χ4v) is 2.14. The van der Waals surface area contributed by atoms with Crippen molar-refractivity contribution in [3.8, 4) is 0 Å². The lowest BCUT2D eigenvalue weighted by Gasteiger charge is -2.21. The molecule has 0 saturated carbocycles. The molecule has 1 N–H and O–H groups in total. The van der Waals surface area contributed by atoms with E-state index in [-0.39, 0.29) is 17.8 Å². The van der Waals surface area contributed by atoms with Crippen molar-refractivity contribution in [2.24, 2.45) is 7.05 Å². The molecule has 0 aliphatic heterocycles. The minimum absolute atomic E-state index is 0.0354. The Morgan fingerprint density at radius 1 is 1.38 bits per heavy atom. The molecule has 0 spiro atoms. The van der Waals surface area contributed by atoms with Gasteiger partial charge in [-0.3, -0.25) is 9.36 Å². The third kappa shape index (κ3) is 3.70. The summed E-state index contributed by atoms with van der Waals surface area (Å²) in [5.74, 6) is 0.106. The second-order valence-corrected chi connectivity index (χ2v) is 5.85. The number of carbonyl (C=O) groups excluding carboxylic acids is 1. The zero-order chi connectivity index (χ0) is 17.9. The Hall–Kier alpha value is -2.90. The van der Waals surface area contributed by atoms with Crippen LogP contribution in [-0.2, 0) is 13.6 Å². The minimum atomic E-state index is -0.522. The van der Waals surface area contributed by atoms with Crippen molar-refractivity contribution in [3.63, 3.8) is 0 Å². The van der Waals surface area contributed by atoms with Crippen LogP contribution in [0, 0.1) is 10.1 Å². The highest BCUT2D eigenvalue weighted by Gasteiger charge is 2.19. The second-order valence-electron chi connectivity index (χ2n) is 5.85. The molecule has 128 valence electrons. The van der Waals surface area contributed by atoms with Gasteiger partial charge in [0, 0.05) is 32.2 Å². The summed E-state index contributed by atoms with van der Waals surface area (Å²) in [7, 11) is 3.45. The van der Waals surface area contributed by atoms with E-state index in [0.717, 1.165) is 5.56 Å². The van der Waals surface area contributed by atoms with E-state index < -0.39 is 4.92 Å². The summed E-state index contributed by atoms with van der Waals surface area (Å²) in [6, 6.07) is 7.31. The summed E-state index contributed by atoms with van der Waals surface area (Å²) in [5, 5.41) is 13.9. The highest BCUT2D eigenvalue weighted by molar-refractivity contribution is 5.94. The number of nitrogens with zero attached hydrogens (tertiary/aromatic N) is 4. The van der Waals surface area contributed by atoms with Gasteiger partial charge >= 0.3 is 5.82 Å². The van der Waals surface area contributed by atoms with Gasteiger partial charge in [0.05, 0.1) is 0 Å². The molecule has 8 nitrogen and oxygen atoms in total. The maximum Gasteiger partial charge on any atom is 0.406 e. The molecule has 2 rings (SSSR count). The van der Waals surface area contributed by atoms with Gasteiger partial charge < -0.3 is 20.3 Å². The molecule has 1 aromatic heterocycles. The summed E-state index contributed by atoms with van der Waals surface area (Å²) in [4.78, 5) is 28.1. The molecule has 0 fully saturated rings. The molecule has 1 aromatic carbocycles. The summed E-state index contributed by atoms with van der Waals surface area (Å²) < 4.78 is 1.56. The predicted octanol–water partition coefficient (Wildman–Crippen LogP) is 2.42. The molecule has 0 atom stereocenters. The van der Waals surface area contributed by atoms with Gasteiger partial charge in [-0.1, -0.05) is 12.1 Å². The molecule has 1 heterocycles. The monoisotopic (exact) mass is 331 g/mol. The second kappa shape index (κ2) is 7.12. The van der Waals surface area contributed by atoms with Crippen LogP contribution in [0.2, 0.25) is 0 Å². The van der Waals surface area contributed by atoms with Gasteiger partial charge in [0.1, 0.15) is 0 Å². The molecule has 8 heteroatoms. The van der Waals surface area contributed by atoms with Crippen LogP contribution >= 0.6 is 0 Å². The lowest BCUT2D eigenvalue weighted by atomic mass is 10.1. The average molecular weight is 331 g/mol. The number of anilines is 1. The average Bonchev–Trinajstić information content (AvgIpc) is 2.93. The Bertz CT molecular complexity index is 737. The van der Waals surface area contributed by atoms with Crippen LogP contribution in [0.3, 0.4) is 0 Å². The van der Waals surface area contributed by atoms with E-state index in [1.807, 2.05) is 26.0 Å². The highest BCUT2D eigenvalue weighted by atomic mass is 16.6. The first-order valence-corrected chi connectivity index (χ1v) is 7.57. The van der Waals surface area contributed by atoms with E-state index in [1.54, 1.807) is 35.7 Å². The van der Waals surface area contributed by atoms with E-state index in [2.05, 4.69) is 10.3 Å². The lowest BCUT2D eigenvalue weighted by Crippen LogP contribution is -2.32.